The first-order valence-corrected chi connectivity index (χ1v) is 6.76. The number of sulfonamides is 1. The maximum absolute atomic E-state index is 11.9. The molecule has 8 heteroatoms. The molecule has 2 rings (SSSR count). The Morgan fingerprint density at radius 1 is 1.44 bits per heavy atom. The Labute approximate surface area is 105 Å². The number of nitrogens with one attached hydrogen (secondary N) is 1. The summed E-state index contributed by atoms with van der Waals surface area (Å²) in [7, 11) is -0.0476. The van der Waals surface area contributed by atoms with Crippen LogP contribution >= 0.6 is 0 Å². The van der Waals surface area contributed by atoms with Crippen molar-refractivity contribution in [1.29, 1.82) is 0 Å². The highest BCUT2D eigenvalue weighted by atomic mass is 32.2. The van der Waals surface area contributed by atoms with Crippen LogP contribution in [-0.4, -0.2) is 22.8 Å². The lowest BCUT2D eigenvalue weighted by Crippen LogP contribution is -2.23. The van der Waals surface area contributed by atoms with Gasteiger partial charge in [-0.15, -0.1) is 0 Å². The van der Waals surface area contributed by atoms with Crippen molar-refractivity contribution in [1.82, 2.24) is 19.1 Å². The summed E-state index contributed by atoms with van der Waals surface area (Å²) in [4.78, 5) is 0.229. The Morgan fingerprint density at radius 2 is 2.17 bits per heavy atom. The number of aryl methyl sites for hydroxylation is 2. The van der Waals surface area contributed by atoms with Crippen molar-refractivity contribution in [3.05, 3.63) is 30.2 Å². The van der Waals surface area contributed by atoms with Crippen molar-refractivity contribution < 1.29 is 8.42 Å². The van der Waals surface area contributed by atoms with Crippen LogP contribution < -0.4 is 10.5 Å². The second-order valence-corrected chi connectivity index (χ2v) is 5.78. The average Bonchev–Trinajstić information content (AvgIpc) is 2.86. The molecule has 3 N–H and O–H groups in total. The lowest BCUT2D eigenvalue weighted by atomic mass is 10.3. The molecule has 2 aromatic heterocycles. The van der Waals surface area contributed by atoms with E-state index in [4.69, 9.17) is 5.73 Å². The molecule has 2 aromatic rings. The van der Waals surface area contributed by atoms with Crippen LogP contribution in [0.15, 0.2) is 29.6 Å². The minimum atomic E-state index is -3.51. The number of nitrogens with two attached hydrogens (primary N) is 1. The Kier molecular flexibility index (Phi) is 3.14. The van der Waals surface area contributed by atoms with Gasteiger partial charge in [-0.2, -0.15) is 5.10 Å². The number of rotatable bonds is 4. The summed E-state index contributed by atoms with van der Waals surface area (Å²) < 4.78 is 29.5. The van der Waals surface area contributed by atoms with Crippen molar-refractivity contribution in [3.8, 4) is 0 Å². The van der Waals surface area contributed by atoms with E-state index in [0.29, 0.717) is 11.4 Å². The summed E-state index contributed by atoms with van der Waals surface area (Å²) in [5, 5.41) is 3.95. The molecule has 0 radical (unpaired) electrons. The fourth-order valence-electron chi connectivity index (χ4n) is 1.52. The normalized spacial score (nSPS) is 11.9. The maximum atomic E-state index is 11.9. The standard InChI is InChI=1S/C10H15N5O2S/c1-14-4-3-9(7-14)18(16,17)13-6-8-5-12-15(2)10(8)11/h3-5,7,13H,6,11H2,1-2H3. The van der Waals surface area contributed by atoms with Gasteiger partial charge in [0.25, 0.3) is 0 Å². The van der Waals surface area contributed by atoms with Crippen LogP contribution in [0.1, 0.15) is 5.56 Å². The maximum Gasteiger partial charge on any atom is 0.242 e. The van der Waals surface area contributed by atoms with E-state index in [1.165, 1.54) is 16.9 Å². The third-order valence-corrected chi connectivity index (χ3v) is 4.02. The smallest absolute Gasteiger partial charge is 0.242 e. The van der Waals surface area contributed by atoms with Gasteiger partial charge in [0.1, 0.15) is 5.82 Å². The molecular weight excluding hydrogens is 254 g/mol. The first-order chi connectivity index (χ1) is 8.40. The van der Waals surface area contributed by atoms with Crippen LogP contribution in [-0.2, 0) is 30.7 Å². The van der Waals surface area contributed by atoms with Gasteiger partial charge in [-0.3, -0.25) is 4.68 Å². The van der Waals surface area contributed by atoms with Crippen LogP contribution in [0, 0.1) is 0 Å². The fourth-order valence-corrected chi connectivity index (χ4v) is 2.58. The lowest BCUT2D eigenvalue weighted by molar-refractivity contribution is 0.581. The quantitative estimate of drug-likeness (QED) is 0.805. The second-order valence-electron chi connectivity index (χ2n) is 4.02. The summed E-state index contributed by atoms with van der Waals surface area (Å²) in [5.74, 6) is 0.450. The third kappa shape index (κ3) is 2.39. The highest BCUT2D eigenvalue weighted by Gasteiger charge is 2.16. The molecule has 0 saturated heterocycles. The monoisotopic (exact) mass is 269 g/mol. The molecule has 0 fully saturated rings. The van der Waals surface area contributed by atoms with E-state index in [9.17, 15) is 8.42 Å². The molecule has 0 saturated carbocycles. The Balaban J connectivity index is 2.13. The third-order valence-electron chi connectivity index (χ3n) is 2.63. The van der Waals surface area contributed by atoms with E-state index in [1.54, 1.807) is 31.1 Å². The Bertz CT molecular complexity index is 656. The van der Waals surface area contributed by atoms with Crippen LogP contribution in [0.2, 0.25) is 0 Å². The van der Waals surface area contributed by atoms with E-state index in [1.807, 2.05) is 0 Å². The van der Waals surface area contributed by atoms with Gasteiger partial charge in [0.15, 0.2) is 0 Å². The zero-order valence-corrected chi connectivity index (χ0v) is 11.0. The summed E-state index contributed by atoms with van der Waals surface area (Å²) in [6.45, 7) is 0.122. The van der Waals surface area contributed by atoms with Gasteiger partial charge in [0.2, 0.25) is 10.0 Å². The van der Waals surface area contributed by atoms with Crippen molar-refractivity contribution >= 4 is 15.8 Å². The van der Waals surface area contributed by atoms with Gasteiger partial charge in [0.05, 0.1) is 11.1 Å². The summed E-state index contributed by atoms with van der Waals surface area (Å²) in [5.41, 5.74) is 6.39. The molecule has 0 atom stereocenters. The Morgan fingerprint density at radius 3 is 2.67 bits per heavy atom. The van der Waals surface area contributed by atoms with E-state index in [2.05, 4.69) is 9.82 Å². The molecule has 0 aliphatic heterocycles. The zero-order valence-electron chi connectivity index (χ0n) is 10.2. The highest BCUT2D eigenvalue weighted by molar-refractivity contribution is 7.89. The topological polar surface area (TPSA) is 94.9 Å². The Hall–Kier alpha value is -1.80. The molecule has 0 unspecified atom stereocenters. The van der Waals surface area contributed by atoms with Crippen molar-refractivity contribution in [2.24, 2.45) is 14.1 Å². The van der Waals surface area contributed by atoms with Crippen molar-refractivity contribution in [3.63, 3.8) is 0 Å². The van der Waals surface area contributed by atoms with E-state index < -0.39 is 10.0 Å². The number of nitrogens with zero attached hydrogens (tertiary/aromatic N) is 3. The fraction of sp³-hybridized carbons (Fsp3) is 0.300. The van der Waals surface area contributed by atoms with Crippen molar-refractivity contribution in [2.45, 2.75) is 11.4 Å². The van der Waals surface area contributed by atoms with E-state index >= 15 is 0 Å². The van der Waals surface area contributed by atoms with Crippen molar-refractivity contribution in [2.75, 3.05) is 5.73 Å². The molecule has 0 bridgehead atoms. The predicted octanol–water partition coefficient (Wildman–Crippen LogP) is -0.181. The average molecular weight is 269 g/mol. The number of hydrogen-bond acceptors (Lipinski definition) is 4. The lowest BCUT2D eigenvalue weighted by Gasteiger charge is -2.04. The zero-order chi connectivity index (χ0) is 13.3. The van der Waals surface area contributed by atoms with Gasteiger partial charge in [-0.1, -0.05) is 0 Å². The first-order valence-electron chi connectivity index (χ1n) is 5.28. The van der Waals surface area contributed by atoms with Crippen LogP contribution in [0.5, 0.6) is 0 Å². The van der Waals surface area contributed by atoms with E-state index in [-0.39, 0.29) is 11.4 Å². The number of nitrogen functional groups attached to an aromatic ring is 1. The molecule has 0 aliphatic rings. The molecule has 18 heavy (non-hydrogen) atoms. The molecule has 0 aliphatic carbocycles. The van der Waals surface area contributed by atoms with Gasteiger partial charge in [0, 0.05) is 38.6 Å². The van der Waals surface area contributed by atoms with Crippen LogP contribution in [0.25, 0.3) is 0 Å². The molecule has 0 amide bonds. The van der Waals surface area contributed by atoms with Crippen LogP contribution in [0.3, 0.4) is 0 Å². The summed E-state index contributed by atoms with van der Waals surface area (Å²) in [6, 6.07) is 1.54. The minimum Gasteiger partial charge on any atom is -0.384 e. The van der Waals surface area contributed by atoms with Gasteiger partial charge < -0.3 is 10.3 Å². The summed E-state index contributed by atoms with van der Waals surface area (Å²) in [6.07, 6.45) is 4.75. The number of anilines is 1. The number of hydrogen-bond donors (Lipinski definition) is 2. The molecule has 7 nitrogen and oxygen atoms in total. The number of aromatic nitrogens is 3. The molecule has 0 aromatic carbocycles. The first kappa shape index (κ1) is 12.7. The van der Waals surface area contributed by atoms with Crippen LogP contribution in [0.4, 0.5) is 5.82 Å². The SMILES string of the molecule is Cn1ccc(S(=O)(=O)NCc2cnn(C)c2N)c1. The van der Waals surface area contributed by atoms with Gasteiger partial charge in [-0.05, 0) is 6.07 Å². The minimum absolute atomic E-state index is 0.122. The predicted molar refractivity (Wildman–Crippen MR) is 67.1 cm³/mol. The largest absolute Gasteiger partial charge is 0.384 e. The molecule has 2 heterocycles. The second kappa shape index (κ2) is 4.46. The van der Waals surface area contributed by atoms with Gasteiger partial charge in [-0.25, -0.2) is 13.1 Å². The molecular formula is C10H15N5O2S. The molecule has 98 valence electrons. The van der Waals surface area contributed by atoms with Gasteiger partial charge >= 0.3 is 0 Å². The van der Waals surface area contributed by atoms with E-state index in [0.717, 1.165) is 0 Å². The highest BCUT2D eigenvalue weighted by Crippen LogP contribution is 2.12. The molecule has 0 spiro atoms. The summed E-state index contributed by atoms with van der Waals surface area (Å²) >= 11 is 0.